The molecule has 2 aromatic rings. The molecular formula is C10H7N3O. The number of anilines is 1. The second-order valence-corrected chi connectivity index (χ2v) is 2.97. The van der Waals surface area contributed by atoms with Crippen LogP contribution in [-0.4, -0.2) is 4.98 Å². The lowest BCUT2D eigenvalue weighted by Crippen LogP contribution is -2.09. The number of aromatic amines is 1. The number of hydrogen-bond donors (Lipinski definition) is 2. The van der Waals surface area contributed by atoms with Gasteiger partial charge in [-0.25, -0.2) is 0 Å². The predicted molar refractivity (Wildman–Crippen MR) is 53.7 cm³/mol. The minimum absolute atomic E-state index is 0.113. The Labute approximate surface area is 79.6 Å². The smallest absolute Gasteiger partial charge is 0.266 e. The van der Waals surface area contributed by atoms with Crippen LogP contribution in [0, 0.1) is 11.3 Å². The lowest BCUT2D eigenvalue weighted by atomic mass is 10.1. The van der Waals surface area contributed by atoms with Crippen LogP contribution in [0.15, 0.2) is 29.1 Å². The molecule has 2 rings (SSSR count). The number of rotatable bonds is 0. The summed E-state index contributed by atoms with van der Waals surface area (Å²) in [5.41, 5.74) is 6.52. The molecule has 0 spiro atoms. The van der Waals surface area contributed by atoms with E-state index in [1.165, 1.54) is 0 Å². The van der Waals surface area contributed by atoms with Gasteiger partial charge >= 0.3 is 0 Å². The van der Waals surface area contributed by atoms with Crippen LogP contribution < -0.4 is 11.3 Å². The first-order chi connectivity index (χ1) is 6.70. The van der Waals surface area contributed by atoms with Crippen LogP contribution in [0.5, 0.6) is 0 Å². The van der Waals surface area contributed by atoms with E-state index in [-0.39, 0.29) is 11.1 Å². The molecule has 1 aromatic carbocycles. The van der Waals surface area contributed by atoms with Crippen molar-refractivity contribution >= 4 is 16.6 Å². The quantitative estimate of drug-likeness (QED) is 0.600. The fourth-order valence-electron chi connectivity index (χ4n) is 1.30. The van der Waals surface area contributed by atoms with Crippen molar-refractivity contribution in [1.29, 1.82) is 5.26 Å². The Morgan fingerprint density at radius 1 is 1.36 bits per heavy atom. The van der Waals surface area contributed by atoms with Crippen molar-refractivity contribution in [3.63, 3.8) is 0 Å². The molecule has 0 atom stereocenters. The van der Waals surface area contributed by atoms with Gasteiger partial charge in [0.1, 0.15) is 11.6 Å². The molecule has 1 heterocycles. The van der Waals surface area contributed by atoms with E-state index < -0.39 is 0 Å². The van der Waals surface area contributed by atoms with E-state index in [0.29, 0.717) is 11.2 Å². The highest BCUT2D eigenvalue weighted by atomic mass is 16.1. The van der Waals surface area contributed by atoms with E-state index in [2.05, 4.69) is 4.98 Å². The first-order valence-corrected chi connectivity index (χ1v) is 4.03. The van der Waals surface area contributed by atoms with Crippen LogP contribution in [0.2, 0.25) is 0 Å². The summed E-state index contributed by atoms with van der Waals surface area (Å²) in [6.07, 6.45) is 0. The molecule has 3 N–H and O–H groups in total. The molecule has 0 radical (unpaired) electrons. The summed E-state index contributed by atoms with van der Waals surface area (Å²) in [4.78, 5) is 13.8. The van der Waals surface area contributed by atoms with E-state index in [0.717, 1.165) is 5.39 Å². The number of aromatic nitrogens is 1. The molecule has 0 fully saturated rings. The minimum Gasteiger partial charge on any atom is -0.399 e. The summed E-state index contributed by atoms with van der Waals surface area (Å²) in [5, 5.41) is 9.44. The van der Waals surface area contributed by atoms with Gasteiger partial charge in [0.05, 0.1) is 5.52 Å². The normalized spacial score (nSPS) is 9.93. The van der Waals surface area contributed by atoms with Gasteiger partial charge in [0.2, 0.25) is 0 Å². The zero-order valence-corrected chi connectivity index (χ0v) is 7.24. The number of nitrogens with zero attached hydrogens (tertiary/aromatic N) is 1. The number of nitrogens with one attached hydrogen (secondary N) is 1. The van der Waals surface area contributed by atoms with Crippen molar-refractivity contribution in [2.45, 2.75) is 0 Å². The molecule has 1 aromatic heterocycles. The van der Waals surface area contributed by atoms with Gasteiger partial charge in [-0.15, -0.1) is 0 Å². The number of hydrogen-bond acceptors (Lipinski definition) is 3. The van der Waals surface area contributed by atoms with Crippen molar-refractivity contribution < 1.29 is 0 Å². The highest BCUT2D eigenvalue weighted by Crippen LogP contribution is 2.14. The zero-order valence-electron chi connectivity index (χ0n) is 7.24. The number of fused-ring (bicyclic) bond motifs is 1. The molecule has 14 heavy (non-hydrogen) atoms. The number of nitriles is 1. The van der Waals surface area contributed by atoms with E-state index >= 15 is 0 Å². The molecule has 68 valence electrons. The average Bonchev–Trinajstić information content (AvgIpc) is 2.16. The third-order valence-electron chi connectivity index (χ3n) is 1.99. The number of benzene rings is 1. The molecule has 0 saturated carbocycles. The van der Waals surface area contributed by atoms with Crippen molar-refractivity contribution in [2.24, 2.45) is 0 Å². The van der Waals surface area contributed by atoms with Gasteiger partial charge in [0.15, 0.2) is 0 Å². The van der Waals surface area contributed by atoms with Crippen LogP contribution in [0.3, 0.4) is 0 Å². The minimum atomic E-state index is -0.384. The highest BCUT2D eigenvalue weighted by Gasteiger charge is 2.01. The molecule has 0 unspecified atom stereocenters. The van der Waals surface area contributed by atoms with Gasteiger partial charge in [-0.05, 0) is 23.6 Å². The Morgan fingerprint density at radius 2 is 2.14 bits per heavy atom. The van der Waals surface area contributed by atoms with Crippen molar-refractivity contribution in [3.8, 4) is 6.07 Å². The zero-order chi connectivity index (χ0) is 10.1. The van der Waals surface area contributed by atoms with E-state index in [1.54, 1.807) is 24.3 Å². The Morgan fingerprint density at radius 3 is 2.86 bits per heavy atom. The third kappa shape index (κ3) is 1.21. The van der Waals surface area contributed by atoms with Crippen LogP contribution >= 0.6 is 0 Å². The number of nitrogens with two attached hydrogens (primary N) is 1. The van der Waals surface area contributed by atoms with Gasteiger partial charge < -0.3 is 10.7 Å². The van der Waals surface area contributed by atoms with Crippen LogP contribution in [0.25, 0.3) is 10.9 Å². The Hall–Kier alpha value is -2.28. The van der Waals surface area contributed by atoms with Gasteiger partial charge in [-0.1, -0.05) is 6.07 Å². The second kappa shape index (κ2) is 2.89. The second-order valence-electron chi connectivity index (χ2n) is 2.97. The fraction of sp³-hybridized carbons (Fsp3) is 0. The number of pyridine rings is 1. The third-order valence-corrected chi connectivity index (χ3v) is 1.99. The van der Waals surface area contributed by atoms with Gasteiger partial charge in [-0.2, -0.15) is 5.26 Å². The average molecular weight is 185 g/mol. The largest absolute Gasteiger partial charge is 0.399 e. The number of H-pyrrole nitrogens is 1. The summed E-state index contributed by atoms with van der Waals surface area (Å²) in [6.45, 7) is 0. The van der Waals surface area contributed by atoms with Gasteiger partial charge in [0.25, 0.3) is 5.56 Å². The first-order valence-electron chi connectivity index (χ1n) is 4.03. The standard InChI is InChI=1S/C10H7N3O/c11-5-7-3-6-1-2-8(12)4-9(6)13-10(7)14/h1-4H,12H2,(H,13,14). The topological polar surface area (TPSA) is 82.7 Å². The lowest BCUT2D eigenvalue weighted by Gasteiger charge is -1.98. The molecule has 0 amide bonds. The maximum atomic E-state index is 11.3. The molecule has 0 bridgehead atoms. The van der Waals surface area contributed by atoms with Crippen LogP contribution in [0.1, 0.15) is 5.56 Å². The Kier molecular flexibility index (Phi) is 1.72. The van der Waals surface area contributed by atoms with Crippen molar-refractivity contribution in [3.05, 3.63) is 40.2 Å². The first kappa shape index (κ1) is 8.32. The molecular weight excluding hydrogens is 178 g/mol. The van der Waals surface area contributed by atoms with Crippen LogP contribution in [0.4, 0.5) is 5.69 Å². The lowest BCUT2D eigenvalue weighted by molar-refractivity contribution is 1.27. The van der Waals surface area contributed by atoms with Crippen molar-refractivity contribution in [1.82, 2.24) is 4.98 Å². The summed E-state index contributed by atoms with van der Waals surface area (Å²) in [5.74, 6) is 0. The van der Waals surface area contributed by atoms with Gasteiger partial charge in [0, 0.05) is 5.69 Å². The van der Waals surface area contributed by atoms with E-state index in [9.17, 15) is 4.79 Å². The molecule has 0 aliphatic carbocycles. The predicted octanol–water partition coefficient (Wildman–Crippen LogP) is 0.982. The Balaban J connectivity index is 2.88. The maximum absolute atomic E-state index is 11.3. The van der Waals surface area contributed by atoms with E-state index in [4.69, 9.17) is 11.0 Å². The summed E-state index contributed by atoms with van der Waals surface area (Å²) < 4.78 is 0. The maximum Gasteiger partial charge on any atom is 0.266 e. The monoisotopic (exact) mass is 185 g/mol. The fourth-order valence-corrected chi connectivity index (χ4v) is 1.30. The summed E-state index contributed by atoms with van der Waals surface area (Å²) >= 11 is 0. The molecule has 0 aliphatic rings. The SMILES string of the molecule is N#Cc1cc2ccc(N)cc2[nH]c1=O. The van der Waals surface area contributed by atoms with Gasteiger partial charge in [-0.3, -0.25) is 4.79 Å². The molecule has 4 heteroatoms. The van der Waals surface area contributed by atoms with E-state index in [1.807, 2.05) is 6.07 Å². The van der Waals surface area contributed by atoms with Crippen molar-refractivity contribution in [2.75, 3.05) is 5.73 Å². The highest BCUT2D eigenvalue weighted by molar-refractivity contribution is 5.82. The molecule has 0 aliphatic heterocycles. The molecule has 0 saturated heterocycles. The molecule has 4 nitrogen and oxygen atoms in total. The Bertz CT molecular complexity index is 592. The van der Waals surface area contributed by atoms with Crippen LogP contribution in [-0.2, 0) is 0 Å². The summed E-state index contributed by atoms with van der Waals surface area (Å²) in [6, 6.07) is 8.53. The number of nitrogen functional groups attached to an aromatic ring is 1. The summed E-state index contributed by atoms with van der Waals surface area (Å²) in [7, 11) is 0.